The Morgan fingerprint density at radius 2 is 1.81 bits per heavy atom. The van der Waals surface area contributed by atoms with Crippen LogP contribution in [0.5, 0.6) is 5.75 Å². The third-order valence-corrected chi connectivity index (χ3v) is 11.7. The van der Waals surface area contributed by atoms with Crippen molar-refractivity contribution in [3.8, 4) is 5.75 Å². The topological polar surface area (TPSA) is 90.4 Å². The lowest BCUT2D eigenvalue weighted by molar-refractivity contribution is -0.144. The predicted molar refractivity (Wildman–Crippen MR) is 169 cm³/mol. The minimum absolute atomic E-state index is 0.0114. The number of hydrogen-bond donors (Lipinski definition) is 1. The maximum Gasteiger partial charge on any atom is 0.251 e. The molecule has 5 rings (SSSR count). The van der Waals surface area contributed by atoms with Gasteiger partial charge in [0.2, 0.25) is 11.8 Å². The molecule has 3 aliphatic heterocycles. The van der Waals surface area contributed by atoms with Gasteiger partial charge >= 0.3 is 0 Å². The number of rotatable bonds is 12. The summed E-state index contributed by atoms with van der Waals surface area (Å²) in [6.07, 6.45) is 3.91. The number of benzene rings is 2. The molecule has 0 saturated carbocycles. The summed E-state index contributed by atoms with van der Waals surface area (Å²) in [5.74, 6) is -1.25. The van der Waals surface area contributed by atoms with Crippen LogP contribution in [-0.2, 0) is 20.9 Å². The van der Waals surface area contributed by atoms with Gasteiger partial charge in [0.1, 0.15) is 11.8 Å². The second-order valence-corrected chi connectivity index (χ2v) is 13.6. The third kappa shape index (κ3) is 5.18. The van der Waals surface area contributed by atoms with Gasteiger partial charge in [-0.3, -0.25) is 14.4 Å². The summed E-state index contributed by atoms with van der Waals surface area (Å²) in [5, 5.41) is 9.82. The van der Waals surface area contributed by atoms with E-state index in [1.165, 1.54) is 4.90 Å². The maximum absolute atomic E-state index is 14.5. The average molecular weight is 655 g/mol. The molecule has 2 aromatic carbocycles. The van der Waals surface area contributed by atoms with Crippen LogP contribution in [0.15, 0.2) is 79.9 Å². The molecule has 3 fully saturated rings. The Kier molecular flexibility index (Phi) is 9.15. The number of aliphatic hydroxyl groups is 1. The lowest BCUT2D eigenvalue weighted by atomic mass is 9.70. The van der Waals surface area contributed by atoms with Crippen molar-refractivity contribution in [2.45, 2.75) is 33.8 Å². The standard InChI is InChI=1S/C32H36BrN3O5S/c1-4-15-34(20-21-9-7-6-8-10-21)29(38)25-26-30(39)36(17-18-37)28(32(26)19-24(33)27(25)42-32)31(40)35(16-5-2)22-11-13-23(41-3)14-12-22/h4-14,24-28,37H,1-2,15-20H2,3H3/t24?,25-,26+,27-,28?,32?/m1/s1. The number of halogens is 1. The molecule has 3 saturated heterocycles. The van der Waals surface area contributed by atoms with Gasteiger partial charge in [0.25, 0.3) is 5.91 Å². The van der Waals surface area contributed by atoms with Crippen LogP contribution in [0.4, 0.5) is 5.69 Å². The van der Waals surface area contributed by atoms with Gasteiger partial charge in [0.15, 0.2) is 0 Å². The average Bonchev–Trinajstić information content (AvgIpc) is 3.59. The fraction of sp³-hybridized carbons (Fsp3) is 0.406. The van der Waals surface area contributed by atoms with Crippen molar-refractivity contribution >= 4 is 51.1 Å². The van der Waals surface area contributed by atoms with Gasteiger partial charge in [-0.15, -0.1) is 24.9 Å². The van der Waals surface area contributed by atoms with Gasteiger partial charge in [-0.25, -0.2) is 0 Å². The Labute approximate surface area is 259 Å². The van der Waals surface area contributed by atoms with E-state index in [0.29, 0.717) is 30.9 Å². The van der Waals surface area contributed by atoms with Gasteiger partial charge in [0.05, 0.1) is 30.3 Å². The van der Waals surface area contributed by atoms with Crippen molar-refractivity contribution in [2.24, 2.45) is 11.8 Å². The quantitative estimate of drug-likeness (QED) is 0.276. The highest BCUT2D eigenvalue weighted by atomic mass is 79.9. The second-order valence-electron chi connectivity index (χ2n) is 10.8. The number of thioether (sulfide) groups is 1. The molecule has 42 heavy (non-hydrogen) atoms. The number of alkyl halides is 1. The molecule has 3 unspecified atom stereocenters. The second kappa shape index (κ2) is 12.7. The number of likely N-dealkylation sites (tertiary alicyclic amines) is 1. The Balaban J connectivity index is 1.53. The third-order valence-electron chi connectivity index (χ3n) is 8.49. The molecule has 1 N–H and O–H groups in total. The Morgan fingerprint density at radius 3 is 2.43 bits per heavy atom. The predicted octanol–water partition coefficient (Wildman–Crippen LogP) is 3.89. The summed E-state index contributed by atoms with van der Waals surface area (Å²) < 4.78 is 4.47. The van der Waals surface area contributed by atoms with E-state index < -0.39 is 22.6 Å². The van der Waals surface area contributed by atoms with Gasteiger partial charge < -0.3 is 24.5 Å². The van der Waals surface area contributed by atoms with Crippen LogP contribution >= 0.6 is 27.7 Å². The normalized spacial score (nSPS) is 27.5. The summed E-state index contributed by atoms with van der Waals surface area (Å²) in [6.45, 7) is 8.43. The van der Waals surface area contributed by atoms with Crippen molar-refractivity contribution in [3.05, 3.63) is 85.5 Å². The minimum atomic E-state index is -0.848. The number of aliphatic hydroxyl groups excluding tert-OH is 1. The van der Waals surface area contributed by atoms with E-state index >= 15 is 0 Å². The molecule has 6 atom stereocenters. The lowest BCUT2D eigenvalue weighted by Crippen LogP contribution is -2.56. The van der Waals surface area contributed by atoms with E-state index in [0.717, 1.165) is 5.56 Å². The fourth-order valence-corrected chi connectivity index (χ4v) is 10.4. The van der Waals surface area contributed by atoms with Gasteiger partial charge in [0, 0.05) is 41.9 Å². The van der Waals surface area contributed by atoms with Crippen LogP contribution in [-0.4, -0.2) is 86.8 Å². The molecule has 0 radical (unpaired) electrons. The molecule has 1 spiro atoms. The van der Waals surface area contributed by atoms with Gasteiger partial charge in [-0.05, 0) is 36.2 Å². The first-order valence-corrected chi connectivity index (χ1v) is 15.8. The molecule has 0 aliphatic carbocycles. The zero-order chi connectivity index (χ0) is 30.0. The first kappa shape index (κ1) is 30.4. The molecule has 3 amide bonds. The number of anilines is 1. The minimum Gasteiger partial charge on any atom is -0.497 e. The van der Waals surface area contributed by atoms with Crippen molar-refractivity contribution < 1.29 is 24.2 Å². The SMILES string of the molecule is C=CCN(Cc1ccccc1)C(=O)[C@H]1[C@@H]2SC3(CC2Br)C(C(=O)N(CC=C)c2ccc(OC)cc2)N(CCO)C(=O)[C@H]13. The van der Waals surface area contributed by atoms with Crippen molar-refractivity contribution in [3.63, 3.8) is 0 Å². The zero-order valence-electron chi connectivity index (χ0n) is 23.6. The number of carbonyl (C=O) groups is 3. The van der Waals surface area contributed by atoms with E-state index in [4.69, 9.17) is 4.74 Å². The molecule has 8 nitrogen and oxygen atoms in total. The summed E-state index contributed by atoms with van der Waals surface area (Å²) >= 11 is 5.41. The first-order valence-electron chi connectivity index (χ1n) is 14.0. The van der Waals surface area contributed by atoms with Gasteiger partial charge in [-0.2, -0.15) is 0 Å². The molecule has 2 bridgehead atoms. The van der Waals surface area contributed by atoms with Crippen molar-refractivity contribution in [1.29, 1.82) is 0 Å². The van der Waals surface area contributed by atoms with Crippen LogP contribution in [0.1, 0.15) is 12.0 Å². The van der Waals surface area contributed by atoms with Crippen LogP contribution in [0.3, 0.4) is 0 Å². The van der Waals surface area contributed by atoms with Crippen LogP contribution in [0.25, 0.3) is 0 Å². The number of ether oxygens (including phenoxy) is 1. The van der Waals surface area contributed by atoms with E-state index in [1.54, 1.807) is 65.1 Å². The molecular formula is C32H36BrN3O5S. The van der Waals surface area contributed by atoms with Crippen molar-refractivity contribution in [1.82, 2.24) is 9.80 Å². The molecule has 2 aromatic rings. The molecule has 3 aliphatic rings. The van der Waals surface area contributed by atoms with Crippen LogP contribution in [0, 0.1) is 11.8 Å². The number of amides is 3. The van der Waals surface area contributed by atoms with E-state index in [1.807, 2.05) is 30.3 Å². The highest BCUT2D eigenvalue weighted by molar-refractivity contribution is 9.09. The number of fused-ring (bicyclic) bond motifs is 1. The highest BCUT2D eigenvalue weighted by Gasteiger charge is 2.76. The zero-order valence-corrected chi connectivity index (χ0v) is 26.0. The van der Waals surface area contributed by atoms with E-state index in [9.17, 15) is 19.5 Å². The number of β-amino-alcohol motifs (C(OH)–C–C–N with tert-alkyl or cyclic N) is 1. The maximum atomic E-state index is 14.5. The number of hydrogen-bond acceptors (Lipinski definition) is 6. The Hall–Kier alpha value is -3.08. The monoisotopic (exact) mass is 653 g/mol. The smallest absolute Gasteiger partial charge is 0.251 e. The van der Waals surface area contributed by atoms with E-state index in [-0.39, 0.29) is 47.5 Å². The lowest BCUT2D eigenvalue weighted by Gasteiger charge is -2.38. The summed E-state index contributed by atoms with van der Waals surface area (Å²) in [7, 11) is 1.58. The Morgan fingerprint density at radius 1 is 1.12 bits per heavy atom. The van der Waals surface area contributed by atoms with E-state index in [2.05, 4.69) is 29.1 Å². The molecule has 3 heterocycles. The molecule has 222 valence electrons. The molecular weight excluding hydrogens is 618 g/mol. The largest absolute Gasteiger partial charge is 0.497 e. The van der Waals surface area contributed by atoms with Crippen molar-refractivity contribution in [2.75, 3.05) is 38.3 Å². The van der Waals surface area contributed by atoms with Crippen LogP contribution in [0.2, 0.25) is 0 Å². The first-order chi connectivity index (χ1) is 20.3. The number of carbonyl (C=O) groups excluding carboxylic acids is 3. The fourth-order valence-electron chi connectivity index (χ4n) is 6.80. The highest BCUT2D eigenvalue weighted by Crippen LogP contribution is 2.68. The molecule has 0 aromatic heterocycles. The summed E-state index contributed by atoms with van der Waals surface area (Å²) in [6, 6.07) is 16.1. The summed E-state index contributed by atoms with van der Waals surface area (Å²) in [4.78, 5) is 47.9. The number of methoxy groups -OCH3 is 1. The number of nitrogens with zero attached hydrogens (tertiary/aromatic N) is 3. The summed E-state index contributed by atoms with van der Waals surface area (Å²) in [5.41, 5.74) is 1.64. The van der Waals surface area contributed by atoms with Gasteiger partial charge in [-0.1, -0.05) is 58.4 Å². The molecule has 10 heteroatoms. The van der Waals surface area contributed by atoms with Crippen LogP contribution < -0.4 is 9.64 Å². The Bertz CT molecular complexity index is 1340.